The van der Waals surface area contributed by atoms with Gasteiger partial charge in [-0.1, -0.05) is 23.7 Å². The first-order valence-corrected chi connectivity index (χ1v) is 13.3. The van der Waals surface area contributed by atoms with Gasteiger partial charge in [-0.05, 0) is 49.2 Å². The van der Waals surface area contributed by atoms with E-state index in [-0.39, 0.29) is 25.3 Å². The van der Waals surface area contributed by atoms with Gasteiger partial charge < -0.3 is 24.4 Å². The summed E-state index contributed by atoms with van der Waals surface area (Å²) >= 11 is 6.08. The van der Waals surface area contributed by atoms with Gasteiger partial charge in [0, 0.05) is 56.1 Å². The molecule has 2 aromatic rings. The highest BCUT2D eigenvalue weighted by Gasteiger charge is 2.37. The average Bonchev–Trinajstić information content (AvgIpc) is 3.28. The third kappa shape index (κ3) is 5.67. The van der Waals surface area contributed by atoms with E-state index >= 15 is 0 Å². The molecule has 1 fully saturated rings. The van der Waals surface area contributed by atoms with Gasteiger partial charge >= 0.3 is 12.0 Å². The second-order valence-corrected chi connectivity index (χ2v) is 10.0. The molecule has 0 aliphatic carbocycles. The fourth-order valence-electron chi connectivity index (χ4n) is 5.06. The summed E-state index contributed by atoms with van der Waals surface area (Å²) in [7, 11) is 1.65. The van der Waals surface area contributed by atoms with E-state index in [1.807, 2.05) is 4.90 Å². The molecular formula is C28H31ClN4O6. The van der Waals surface area contributed by atoms with E-state index in [0.717, 1.165) is 12.0 Å². The second-order valence-electron chi connectivity index (χ2n) is 9.56. The minimum atomic E-state index is -0.670. The molecule has 11 heteroatoms. The largest absolute Gasteiger partial charge is 0.463 e. The van der Waals surface area contributed by atoms with Crippen LogP contribution >= 0.6 is 11.6 Å². The highest BCUT2D eigenvalue weighted by atomic mass is 35.5. The molecule has 5 rings (SSSR count). The lowest BCUT2D eigenvalue weighted by atomic mass is 9.94. The number of carbonyl (C=O) groups excluding carboxylic acids is 3. The van der Waals surface area contributed by atoms with Gasteiger partial charge in [-0.25, -0.2) is 9.59 Å². The molecule has 2 aromatic carbocycles. The van der Waals surface area contributed by atoms with Gasteiger partial charge in [0.25, 0.3) is 5.91 Å². The summed E-state index contributed by atoms with van der Waals surface area (Å²) in [5, 5.41) is 3.48. The van der Waals surface area contributed by atoms with Crippen LogP contribution in [0.4, 0.5) is 4.79 Å². The van der Waals surface area contributed by atoms with Crippen LogP contribution in [0.3, 0.4) is 0 Å². The number of hydrogen-bond donors (Lipinski definition) is 1. The van der Waals surface area contributed by atoms with Crippen LogP contribution in [0.2, 0.25) is 5.02 Å². The zero-order chi connectivity index (χ0) is 27.5. The summed E-state index contributed by atoms with van der Waals surface area (Å²) in [4.78, 5) is 44.9. The normalized spacial score (nSPS) is 19.6. The summed E-state index contributed by atoms with van der Waals surface area (Å²) in [6.45, 7) is 4.85. The van der Waals surface area contributed by atoms with Crippen molar-refractivity contribution in [3.8, 4) is 11.5 Å². The predicted molar refractivity (Wildman–Crippen MR) is 144 cm³/mol. The van der Waals surface area contributed by atoms with E-state index in [2.05, 4.69) is 10.2 Å². The van der Waals surface area contributed by atoms with Crippen LogP contribution in [-0.2, 0) is 9.53 Å². The number of benzene rings is 2. The fourth-order valence-corrected chi connectivity index (χ4v) is 5.19. The molecule has 1 N–H and O–H groups in total. The van der Waals surface area contributed by atoms with Crippen molar-refractivity contribution in [2.24, 2.45) is 0 Å². The molecule has 1 saturated heterocycles. The Morgan fingerprint density at radius 1 is 1.05 bits per heavy atom. The second kappa shape index (κ2) is 11.5. The Labute approximate surface area is 232 Å². The molecule has 206 valence electrons. The summed E-state index contributed by atoms with van der Waals surface area (Å²) in [6, 6.07) is 11.3. The van der Waals surface area contributed by atoms with Crippen LogP contribution in [0.1, 0.15) is 35.3 Å². The van der Waals surface area contributed by atoms with Crippen molar-refractivity contribution in [1.82, 2.24) is 20.0 Å². The molecule has 1 atom stereocenters. The van der Waals surface area contributed by atoms with E-state index in [1.165, 1.54) is 4.90 Å². The van der Waals surface area contributed by atoms with Gasteiger partial charge in [0.15, 0.2) is 11.5 Å². The lowest BCUT2D eigenvalue weighted by Crippen LogP contribution is -2.49. The van der Waals surface area contributed by atoms with Gasteiger partial charge in [0.05, 0.1) is 18.2 Å². The van der Waals surface area contributed by atoms with E-state index < -0.39 is 12.0 Å². The highest BCUT2D eigenvalue weighted by Crippen LogP contribution is 2.34. The van der Waals surface area contributed by atoms with E-state index in [4.69, 9.17) is 25.8 Å². The first-order valence-electron chi connectivity index (χ1n) is 13.0. The minimum Gasteiger partial charge on any atom is -0.463 e. The van der Waals surface area contributed by atoms with Crippen LogP contribution in [0.5, 0.6) is 11.5 Å². The van der Waals surface area contributed by atoms with Crippen LogP contribution in [-0.4, -0.2) is 85.8 Å². The van der Waals surface area contributed by atoms with E-state index in [9.17, 15) is 14.4 Å². The molecule has 0 bridgehead atoms. The maximum atomic E-state index is 13.3. The summed E-state index contributed by atoms with van der Waals surface area (Å²) < 4.78 is 16.2. The molecule has 0 spiro atoms. The topological polar surface area (TPSA) is 101 Å². The van der Waals surface area contributed by atoms with E-state index in [1.54, 1.807) is 56.4 Å². The number of nitrogens with one attached hydrogen (secondary N) is 1. The van der Waals surface area contributed by atoms with Gasteiger partial charge in [-0.3, -0.25) is 14.6 Å². The van der Waals surface area contributed by atoms with Crippen molar-refractivity contribution in [1.29, 1.82) is 0 Å². The number of rotatable bonds is 6. The number of carbonyl (C=O) groups is 3. The SMILES string of the molecule is CCOC(=O)C1=C(CN2CCCN(C(=O)c3ccc4c(c3)OCO4)CC2)N(C)C(=O)NC1c1ccc(Cl)cc1. The van der Waals surface area contributed by atoms with Crippen LogP contribution in [0.15, 0.2) is 53.7 Å². The Morgan fingerprint density at radius 3 is 2.59 bits per heavy atom. The van der Waals surface area contributed by atoms with Gasteiger partial charge in [-0.2, -0.15) is 0 Å². The molecule has 0 saturated carbocycles. The van der Waals surface area contributed by atoms with Gasteiger partial charge in [0.2, 0.25) is 6.79 Å². The number of ether oxygens (including phenoxy) is 3. The molecular weight excluding hydrogens is 524 g/mol. The number of amides is 3. The number of urea groups is 1. The Balaban J connectivity index is 1.36. The summed E-state index contributed by atoms with van der Waals surface area (Å²) in [5.41, 5.74) is 2.25. The Hall–Kier alpha value is -3.76. The highest BCUT2D eigenvalue weighted by molar-refractivity contribution is 6.30. The zero-order valence-corrected chi connectivity index (χ0v) is 22.7. The van der Waals surface area contributed by atoms with Crippen molar-refractivity contribution in [3.05, 3.63) is 69.9 Å². The standard InChI is InChI=1S/C28H31ClN4O6/c1-3-37-27(35)24-21(31(2)28(36)30-25(24)18-5-8-20(29)9-6-18)16-32-11-4-12-33(14-13-32)26(34)19-7-10-22-23(15-19)39-17-38-22/h5-10,15,25H,3-4,11-14,16-17H2,1-2H3,(H,30,36). The maximum Gasteiger partial charge on any atom is 0.338 e. The Morgan fingerprint density at radius 2 is 1.82 bits per heavy atom. The number of hydrogen-bond acceptors (Lipinski definition) is 7. The van der Waals surface area contributed by atoms with Gasteiger partial charge in [-0.15, -0.1) is 0 Å². The summed E-state index contributed by atoms with van der Waals surface area (Å²) in [5.74, 6) is 0.661. The van der Waals surface area contributed by atoms with Crippen molar-refractivity contribution >= 4 is 29.5 Å². The van der Waals surface area contributed by atoms with Gasteiger partial charge in [0.1, 0.15) is 0 Å². The van der Waals surface area contributed by atoms with Crippen LogP contribution in [0, 0.1) is 0 Å². The third-order valence-corrected chi connectivity index (χ3v) is 7.40. The van der Waals surface area contributed by atoms with Crippen LogP contribution < -0.4 is 14.8 Å². The smallest absolute Gasteiger partial charge is 0.338 e. The van der Waals surface area contributed by atoms with Crippen molar-refractivity contribution in [3.63, 3.8) is 0 Å². The minimum absolute atomic E-state index is 0.0708. The van der Waals surface area contributed by atoms with Crippen molar-refractivity contribution < 1.29 is 28.6 Å². The fraction of sp³-hybridized carbons (Fsp3) is 0.393. The average molecular weight is 555 g/mol. The molecule has 0 radical (unpaired) electrons. The first kappa shape index (κ1) is 26.8. The quantitative estimate of drug-likeness (QED) is 0.546. The molecule has 3 aliphatic rings. The number of likely N-dealkylation sites (N-methyl/N-ethyl adjacent to an activating group) is 1. The molecule has 0 aromatic heterocycles. The Kier molecular flexibility index (Phi) is 7.94. The predicted octanol–water partition coefficient (Wildman–Crippen LogP) is 3.43. The number of halogens is 1. The van der Waals surface area contributed by atoms with E-state index in [0.29, 0.717) is 66.1 Å². The lowest BCUT2D eigenvalue weighted by molar-refractivity contribution is -0.139. The molecule has 1 unspecified atom stereocenters. The molecule has 10 nitrogen and oxygen atoms in total. The number of esters is 1. The monoisotopic (exact) mass is 554 g/mol. The third-order valence-electron chi connectivity index (χ3n) is 7.14. The number of fused-ring (bicyclic) bond motifs is 1. The number of nitrogens with zero attached hydrogens (tertiary/aromatic N) is 3. The first-order chi connectivity index (χ1) is 18.9. The van der Waals surface area contributed by atoms with Crippen molar-refractivity contribution in [2.75, 3.05) is 53.2 Å². The summed E-state index contributed by atoms with van der Waals surface area (Å²) in [6.07, 6.45) is 0.745. The lowest BCUT2D eigenvalue weighted by Gasteiger charge is -2.36. The van der Waals surface area contributed by atoms with Crippen molar-refractivity contribution in [2.45, 2.75) is 19.4 Å². The molecule has 39 heavy (non-hydrogen) atoms. The molecule has 3 aliphatic heterocycles. The zero-order valence-electron chi connectivity index (χ0n) is 21.9. The van der Waals surface area contributed by atoms with Crippen LogP contribution in [0.25, 0.3) is 0 Å². The molecule has 3 amide bonds. The maximum absolute atomic E-state index is 13.3. The molecule has 3 heterocycles. The Bertz CT molecular complexity index is 1300.